The molecule has 72 valence electrons. The zero-order valence-electron chi connectivity index (χ0n) is 7.50. The van der Waals surface area contributed by atoms with Gasteiger partial charge in [-0.05, 0) is 19.1 Å². The van der Waals surface area contributed by atoms with Crippen LogP contribution in [0.5, 0.6) is 5.75 Å². The van der Waals surface area contributed by atoms with Crippen molar-refractivity contribution < 1.29 is 9.47 Å². The van der Waals surface area contributed by atoms with Crippen LogP contribution in [0.15, 0.2) is 18.3 Å². The molecule has 0 atom stereocenters. The van der Waals surface area contributed by atoms with Crippen molar-refractivity contribution in [1.82, 2.24) is 4.98 Å². The minimum absolute atomic E-state index is 0.284. The molecule has 3 nitrogen and oxygen atoms in total. The van der Waals surface area contributed by atoms with Crippen LogP contribution in [-0.4, -0.2) is 18.4 Å². The molecule has 0 fully saturated rings. The van der Waals surface area contributed by atoms with E-state index in [1.807, 2.05) is 19.1 Å². The molecular weight excluding hydrogens is 234 g/mol. The van der Waals surface area contributed by atoms with Crippen LogP contribution in [0.1, 0.15) is 12.6 Å². The standard InChI is InChI=1S/C9H12BrNO2/c1-2-12-7-13-9-4-3-8(5-10)11-6-9/h3-4,6H,2,5,7H2,1H3. The first-order valence-electron chi connectivity index (χ1n) is 4.08. The smallest absolute Gasteiger partial charge is 0.189 e. The van der Waals surface area contributed by atoms with E-state index in [9.17, 15) is 0 Å². The molecule has 1 aromatic heterocycles. The summed E-state index contributed by atoms with van der Waals surface area (Å²) in [5, 5.41) is 0.763. The summed E-state index contributed by atoms with van der Waals surface area (Å²) in [7, 11) is 0. The highest BCUT2D eigenvalue weighted by atomic mass is 79.9. The number of ether oxygens (including phenoxy) is 2. The molecule has 0 amide bonds. The van der Waals surface area contributed by atoms with E-state index in [2.05, 4.69) is 20.9 Å². The molecule has 0 aliphatic carbocycles. The van der Waals surface area contributed by atoms with E-state index >= 15 is 0 Å². The van der Waals surface area contributed by atoms with Crippen molar-refractivity contribution in [2.75, 3.05) is 13.4 Å². The van der Waals surface area contributed by atoms with Crippen molar-refractivity contribution in [2.45, 2.75) is 12.3 Å². The first kappa shape index (κ1) is 10.5. The molecule has 1 aromatic rings. The molecule has 1 rings (SSSR count). The van der Waals surface area contributed by atoms with Gasteiger partial charge in [0.05, 0.1) is 11.9 Å². The highest BCUT2D eigenvalue weighted by Crippen LogP contribution is 2.10. The maximum absolute atomic E-state index is 5.25. The first-order valence-corrected chi connectivity index (χ1v) is 5.20. The Labute approximate surface area is 86.2 Å². The Kier molecular flexibility index (Phi) is 4.78. The van der Waals surface area contributed by atoms with Crippen molar-refractivity contribution >= 4 is 15.9 Å². The Morgan fingerprint density at radius 2 is 2.31 bits per heavy atom. The molecule has 13 heavy (non-hydrogen) atoms. The Bertz CT molecular complexity index is 238. The summed E-state index contributed by atoms with van der Waals surface area (Å²) in [6, 6.07) is 3.79. The maximum atomic E-state index is 5.25. The number of hydrogen-bond acceptors (Lipinski definition) is 3. The molecule has 0 aromatic carbocycles. The quantitative estimate of drug-likeness (QED) is 0.454. The van der Waals surface area contributed by atoms with Crippen LogP contribution in [0, 0.1) is 0 Å². The lowest BCUT2D eigenvalue weighted by atomic mass is 10.4. The number of nitrogens with zero attached hydrogens (tertiary/aromatic N) is 1. The van der Waals surface area contributed by atoms with Crippen molar-refractivity contribution in [1.29, 1.82) is 0 Å². The van der Waals surface area contributed by atoms with E-state index < -0.39 is 0 Å². The van der Waals surface area contributed by atoms with Gasteiger partial charge in [0.1, 0.15) is 5.75 Å². The summed E-state index contributed by atoms with van der Waals surface area (Å²) in [6.07, 6.45) is 1.69. The van der Waals surface area contributed by atoms with Gasteiger partial charge in [0, 0.05) is 11.9 Å². The van der Waals surface area contributed by atoms with E-state index in [1.165, 1.54) is 0 Å². The molecule has 0 unspecified atom stereocenters. The summed E-state index contributed by atoms with van der Waals surface area (Å²) in [5.41, 5.74) is 0.990. The first-order chi connectivity index (χ1) is 6.36. The van der Waals surface area contributed by atoms with Gasteiger partial charge in [-0.2, -0.15) is 0 Å². The van der Waals surface area contributed by atoms with Crippen LogP contribution < -0.4 is 4.74 Å². The van der Waals surface area contributed by atoms with E-state index in [-0.39, 0.29) is 6.79 Å². The molecule has 0 aliphatic rings. The SMILES string of the molecule is CCOCOc1ccc(CBr)nc1. The fourth-order valence-electron chi connectivity index (χ4n) is 0.768. The molecule has 0 radical (unpaired) electrons. The Balaban J connectivity index is 2.40. The minimum Gasteiger partial charge on any atom is -0.466 e. The summed E-state index contributed by atoms with van der Waals surface area (Å²) in [5.74, 6) is 0.734. The summed E-state index contributed by atoms with van der Waals surface area (Å²) < 4.78 is 10.3. The Hall–Kier alpha value is -0.610. The fourth-order valence-corrected chi connectivity index (χ4v) is 1.10. The molecule has 0 bridgehead atoms. The van der Waals surface area contributed by atoms with Crippen LogP contribution in [0.2, 0.25) is 0 Å². The third-order valence-electron chi connectivity index (χ3n) is 1.45. The van der Waals surface area contributed by atoms with Crippen LogP contribution in [-0.2, 0) is 10.1 Å². The zero-order chi connectivity index (χ0) is 9.52. The second kappa shape index (κ2) is 5.94. The van der Waals surface area contributed by atoms with Crippen LogP contribution >= 0.6 is 15.9 Å². The van der Waals surface area contributed by atoms with Crippen molar-refractivity contribution in [3.05, 3.63) is 24.0 Å². The highest BCUT2D eigenvalue weighted by molar-refractivity contribution is 9.08. The van der Waals surface area contributed by atoms with Gasteiger partial charge in [-0.15, -0.1) is 0 Å². The average Bonchev–Trinajstić information content (AvgIpc) is 2.19. The molecule has 1 heterocycles. The van der Waals surface area contributed by atoms with Crippen molar-refractivity contribution in [3.8, 4) is 5.75 Å². The van der Waals surface area contributed by atoms with Gasteiger partial charge in [-0.1, -0.05) is 15.9 Å². The second-order valence-electron chi connectivity index (χ2n) is 2.37. The summed E-state index contributed by atoms with van der Waals surface area (Å²) in [6.45, 7) is 2.87. The predicted octanol–water partition coefficient (Wildman–Crippen LogP) is 2.35. The van der Waals surface area contributed by atoms with Gasteiger partial charge in [-0.3, -0.25) is 4.98 Å². The monoisotopic (exact) mass is 245 g/mol. The number of pyridine rings is 1. The minimum atomic E-state index is 0.284. The number of halogens is 1. The highest BCUT2D eigenvalue weighted by Gasteiger charge is 1.94. The third kappa shape index (κ3) is 3.74. The Morgan fingerprint density at radius 3 is 2.85 bits per heavy atom. The zero-order valence-corrected chi connectivity index (χ0v) is 9.08. The predicted molar refractivity (Wildman–Crippen MR) is 54.0 cm³/mol. The second-order valence-corrected chi connectivity index (χ2v) is 2.93. The van der Waals surface area contributed by atoms with Crippen LogP contribution in [0.3, 0.4) is 0 Å². The van der Waals surface area contributed by atoms with Gasteiger partial charge in [0.25, 0.3) is 0 Å². The molecule has 0 saturated heterocycles. The topological polar surface area (TPSA) is 31.4 Å². The number of hydrogen-bond donors (Lipinski definition) is 0. The molecule has 0 aliphatic heterocycles. The fraction of sp³-hybridized carbons (Fsp3) is 0.444. The number of aromatic nitrogens is 1. The van der Waals surface area contributed by atoms with Crippen LogP contribution in [0.4, 0.5) is 0 Å². The molecule has 0 spiro atoms. The van der Waals surface area contributed by atoms with Gasteiger partial charge < -0.3 is 9.47 Å². The van der Waals surface area contributed by atoms with Gasteiger partial charge in [0.15, 0.2) is 6.79 Å². The largest absolute Gasteiger partial charge is 0.466 e. The lowest BCUT2D eigenvalue weighted by molar-refractivity contribution is 0.0222. The van der Waals surface area contributed by atoms with Crippen molar-refractivity contribution in [3.63, 3.8) is 0 Å². The van der Waals surface area contributed by atoms with E-state index in [4.69, 9.17) is 9.47 Å². The van der Waals surface area contributed by atoms with E-state index in [0.717, 1.165) is 16.8 Å². The normalized spacial score (nSPS) is 10.0. The summed E-state index contributed by atoms with van der Waals surface area (Å²) >= 11 is 3.32. The lowest BCUT2D eigenvalue weighted by Crippen LogP contribution is -2.02. The summed E-state index contributed by atoms with van der Waals surface area (Å²) in [4.78, 5) is 4.15. The number of alkyl halides is 1. The maximum Gasteiger partial charge on any atom is 0.189 e. The van der Waals surface area contributed by atoms with Gasteiger partial charge in [0.2, 0.25) is 0 Å². The molecule has 0 N–H and O–H groups in total. The molecule has 0 saturated carbocycles. The van der Waals surface area contributed by atoms with Gasteiger partial charge in [-0.25, -0.2) is 0 Å². The van der Waals surface area contributed by atoms with Crippen molar-refractivity contribution in [2.24, 2.45) is 0 Å². The molecular formula is C9H12BrNO2. The Morgan fingerprint density at radius 1 is 1.46 bits per heavy atom. The molecule has 4 heteroatoms. The van der Waals surface area contributed by atoms with E-state index in [1.54, 1.807) is 6.20 Å². The number of rotatable bonds is 5. The van der Waals surface area contributed by atoms with Gasteiger partial charge >= 0.3 is 0 Å². The average molecular weight is 246 g/mol. The van der Waals surface area contributed by atoms with E-state index in [0.29, 0.717) is 6.61 Å². The third-order valence-corrected chi connectivity index (χ3v) is 2.02. The lowest BCUT2D eigenvalue weighted by Gasteiger charge is -2.04. The van der Waals surface area contributed by atoms with Crippen LogP contribution in [0.25, 0.3) is 0 Å².